The van der Waals surface area contributed by atoms with Crippen molar-refractivity contribution in [3.05, 3.63) is 102 Å². The van der Waals surface area contributed by atoms with Gasteiger partial charge in [0.15, 0.2) is 0 Å². The molecule has 222 valence electrons. The smallest absolute Gasteiger partial charge is 0.338 e. The summed E-state index contributed by atoms with van der Waals surface area (Å²) in [6.07, 6.45) is 9.86. The van der Waals surface area contributed by atoms with Gasteiger partial charge >= 0.3 is 5.97 Å². The Morgan fingerprint density at radius 2 is 1.38 bits per heavy atom. The predicted molar refractivity (Wildman–Crippen MR) is 168 cm³/mol. The van der Waals surface area contributed by atoms with Crippen LogP contribution in [0.2, 0.25) is 0 Å². The van der Waals surface area contributed by atoms with E-state index in [9.17, 15) is 4.79 Å². The molecule has 1 aliphatic carbocycles. The summed E-state index contributed by atoms with van der Waals surface area (Å²) in [5.41, 5.74) is 3.31. The fraction of sp³-hybridized carbons (Fsp3) is 0.486. The van der Waals surface area contributed by atoms with E-state index in [1.165, 1.54) is 36.8 Å². The Kier molecular flexibility index (Phi) is 9.89. The zero-order valence-corrected chi connectivity index (χ0v) is 24.9. The van der Waals surface area contributed by atoms with Gasteiger partial charge in [-0.25, -0.2) is 4.79 Å². The number of carbonyl (C=O) groups is 1. The zero-order valence-electron chi connectivity index (χ0n) is 24.9. The van der Waals surface area contributed by atoms with E-state index in [4.69, 9.17) is 9.47 Å². The molecule has 0 N–H and O–H groups in total. The zero-order chi connectivity index (χ0) is 28.6. The molecule has 3 fully saturated rings. The maximum absolute atomic E-state index is 12.9. The summed E-state index contributed by atoms with van der Waals surface area (Å²) in [7, 11) is 0. The van der Waals surface area contributed by atoms with Crippen molar-refractivity contribution >= 4 is 5.97 Å². The van der Waals surface area contributed by atoms with Crippen LogP contribution in [0.15, 0.2) is 84.9 Å². The van der Waals surface area contributed by atoms with Gasteiger partial charge in [-0.1, -0.05) is 79.6 Å². The van der Waals surface area contributed by atoms with Gasteiger partial charge in [0.1, 0.15) is 11.9 Å². The van der Waals surface area contributed by atoms with Crippen LogP contribution >= 0.6 is 0 Å². The average molecular weight is 567 g/mol. The molecule has 42 heavy (non-hydrogen) atoms. The van der Waals surface area contributed by atoms with Gasteiger partial charge in [-0.15, -0.1) is 0 Å². The highest BCUT2D eigenvalue weighted by molar-refractivity contribution is 5.89. The molecule has 2 heterocycles. The second kappa shape index (κ2) is 14.3. The van der Waals surface area contributed by atoms with E-state index in [2.05, 4.69) is 70.5 Å². The van der Waals surface area contributed by atoms with E-state index in [0.717, 1.165) is 70.2 Å². The molecule has 3 aliphatic rings. The van der Waals surface area contributed by atoms with Crippen molar-refractivity contribution in [2.45, 2.75) is 69.4 Å². The Hall–Kier alpha value is -3.15. The number of hydrogen-bond donors (Lipinski definition) is 0. The van der Waals surface area contributed by atoms with Crippen molar-refractivity contribution < 1.29 is 14.3 Å². The molecule has 2 aliphatic heterocycles. The lowest BCUT2D eigenvalue weighted by Gasteiger charge is -2.35. The summed E-state index contributed by atoms with van der Waals surface area (Å²) in [5.74, 6) is 1.35. The molecule has 0 atom stereocenters. The van der Waals surface area contributed by atoms with Crippen LogP contribution in [-0.2, 0) is 4.74 Å². The second-order valence-corrected chi connectivity index (χ2v) is 12.5. The molecule has 2 saturated heterocycles. The molecule has 0 radical (unpaired) electrons. The van der Waals surface area contributed by atoms with Crippen molar-refractivity contribution in [1.29, 1.82) is 0 Å². The maximum Gasteiger partial charge on any atom is 0.338 e. The Morgan fingerprint density at radius 3 is 2.02 bits per heavy atom. The van der Waals surface area contributed by atoms with Gasteiger partial charge in [0.05, 0.1) is 12.2 Å². The molecule has 3 aromatic carbocycles. The van der Waals surface area contributed by atoms with Crippen LogP contribution in [0.4, 0.5) is 0 Å². The summed E-state index contributed by atoms with van der Waals surface area (Å²) < 4.78 is 12.2. The van der Waals surface area contributed by atoms with Crippen LogP contribution in [0.5, 0.6) is 5.75 Å². The first-order valence-corrected chi connectivity index (χ1v) is 16.2. The quantitative estimate of drug-likeness (QED) is 0.243. The van der Waals surface area contributed by atoms with Gasteiger partial charge in [-0.05, 0) is 86.9 Å². The minimum Gasteiger partial charge on any atom is -0.490 e. The van der Waals surface area contributed by atoms with Crippen LogP contribution in [-0.4, -0.2) is 67.2 Å². The number of carbonyl (C=O) groups excluding carboxylic acids is 1. The van der Waals surface area contributed by atoms with Crippen molar-refractivity contribution in [2.24, 2.45) is 5.92 Å². The number of rotatable bonds is 10. The lowest BCUT2D eigenvalue weighted by atomic mass is 9.90. The van der Waals surface area contributed by atoms with Crippen molar-refractivity contribution in [3.8, 4) is 5.75 Å². The van der Waals surface area contributed by atoms with Gasteiger partial charge in [0.25, 0.3) is 0 Å². The molecule has 0 unspecified atom stereocenters. The topological polar surface area (TPSA) is 42.0 Å². The monoisotopic (exact) mass is 566 g/mol. The van der Waals surface area contributed by atoms with E-state index < -0.39 is 0 Å². The van der Waals surface area contributed by atoms with Gasteiger partial charge in [-0.2, -0.15) is 0 Å². The summed E-state index contributed by atoms with van der Waals surface area (Å²) in [5, 5.41) is 0. The number of esters is 1. The van der Waals surface area contributed by atoms with Crippen LogP contribution in [0.1, 0.15) is 78.8 Å². The third-order valence-electron chi connectivity index (χ3n) is 9.69. The van der Waals surface area contributed by atoms with Crippen LogP contribution in [0, 0.1) is 5.92 Å². The average Bonchev–Trinajstić information content (AvgIpc) is 3.60. The molecule has 5 heteroatoms. The SMILES string of the molecule is O=C(OCC1CCN(C2CCCC2)CC1)c1cccc(OC2CCN(CC(c3ccccc3)c3ccccc3)CC2)c1. The first kappa shape index (κ1) is 28.9. The van der Waals surface area contributed by atoms with E-state index in [1.54, 1.807) is 0 Å². The number of hydrogen-bond acceptors (Lipinski definition) is 5. The highest BCUT2D eigenvalue weighted by atomic mass is 16.5. The molecule has 3 aromatic rings. The van der Waals surface area contributed by atoms with Gasteiger partial charge in [-0.3, -0.25) is 0 Å². The lowest BCUT2D eigenvalue weighted by Crippen LogP contribution is -2.41. The van der Waals surface area contributed by atoms with E-state index in [1.807, 2.05) is 24.3 Å². The summed E-state index contributed by atoms with van der Waals surface area (Å²) >= 11 is 0. The lowest BCUT2D eigenvalue weighted by molar-refractivity contribution is 0.0344. The molecule has 0 spiro atoms. The Bertz CT molecular complexity index is 1200. The number of likely N-dealkylation sites (tertiary alicyclic amines) is 2. The first-order chi connectivity index (χ1) is 20.7. The Balaban J connectivity index is 0.962. The van der Waals surface area contributed by atoms with Gasteiger partial charge in [0, 0.05) is 31.6 Å². The van der Waals surface area contributed by atoms with Gasteiger partial charge < -0.3 is 19.3 Å². The minimum atomic E-state index is -0.235. The maximum atomic E-state index is 12.9. The van der Waals surface area contributed by atoms with E-state index in [0.29, 0.717) is 24.0 Å². The van der Waals surface area contributed by atoms with Crippen LogP contribution < -0.4 is 4.74 Å². The molecule has 5 nitrogen and oxygen atoms in total. The predicted octanol–water partition coefficient (Wildman–Crippen LogP) is 7.17. The number of nitrogens with zero attached hydrogens (tertiary/aromatic N) is 2. The molecule has 0 aromatic heterocycles. The molecular formula is C37H46N2O3. The third-order valence-corrected chi connectivity index (χ3v) is 9.69. The number of ether oxygens (including phenoxy) is 2. The summed E-state index contributed by atoms with van der Waals surface area (Å²) in [6.45, 7) is 5.82. The fourth-order valence-corrected chi connectivity index (χ4v) is 7.16. The molecule has 0 amide bonds. The standard InChI is InChI=1S/C37H46N2O3/c40-37(41-28-29-18-24-39(25-19-29)33-15-7-8-16-33)32-14-9-17-35(26-32)42-34-20-22-38(23-21-34)27-36(30-10-3-1-4-11-30)31-12-5-2-6-13-31/h1-6,9-14,17,26,29,33-34,36H,7-8,15-16,18-25,27-28H2. The normalized spacial score (nSPS) is 19.7. The van der Waals surface area contributed by atoms with Crippen LogP contribution in [0.25, 0.3) is 0 Å². The summed E-state index contributed by atoms with van der Waals surface area (Å²) in [4.78, 5) is 18.1. The molecule has 6 rings (SSSR count). The minimum absolute atomic E-state index is 0.157. The molecule has 1 saturated carbocycles. The second-order valence-electron chi connectivity index (χ2n) is 12.5. The van der Waals surface area contributed by atoms with E-state index >= 15 is 0 Å². The largest absolute Gasteiger partial charge is 0.490 e. The van der Waals surface area contributed by atoms with Crippen molar-refractivity contribution in [1.82, 2.24) is 9.80 Å². The Labute approximate surface area is 251 Å². The number of piperidine rings is 2. The first-order valence-electron chi connectivity index (χ1n) is 16.2. The van der Waals surface area contributed by atoms with Crippen molar-refractivity contribution in [3.63, 3.8) is 0 Å². The third kappa shape index (κ3) is 7.62. The van der Waals surface area contributed by atoms with Crippen LogP contribution in [0.3, 0.4) is 0 Å². The molecule has 0 bridgehead atoms. The highest BCUT2D eigenvalue weighted by Crippen LogP contribution is 2.29. The summed E-state index contributed by atoms with van der Waals surface area (Å²) in [6, 6.07) is 30.0. The highest BCUT2D eigenvalue weighted by Gasteiger charge is 2.28. The fourth-order valence-electron chi connectivity index (χ4n) is 7.16. The molecular weight excluding hydrogens is 520 g/mol. The van der Waals surface area contributed by atoms with Gasteiger partial charge in [0.2, 0.25) is 0 Å². The number of benzene rings is 3. The van der Waals surface area contributed by atoms with Crippen molar-refractivity contribution in [2.75, 3.05) is 39.3 Å². The Morgan fingerprint density at radius 1 is 0.738 bits per heavy atom. The van der Waals surface area contributed by atoms with E-state index in [-0.39, 0.29) is 12.1 Å².